The standard InChI is InChI=1S/C51H47N9/c1-5-36(34(3)56-32-57-35(4)52)28-46-42-20-10-11-21-47(42)60(50(46)53)41-19-13-18-40(29-41)59-48-26-33(2)44(30-45(48)43-22-23-54-31-49(43)59)37-14-12-15-38(27-37)51-55-24-25-58(51)39-16-8-6-7-9-17-39/h6-8,10-32,35H,3,5,9,52-53H2,1-2,4H3,(H,56,57)/b36-28+. The second kappa shape index (κ2) is 16.0. The van der Waals surface area contributed by atoms with E-state index in [1.165, 1.54) is 11.1 Å². The number of nitrogens with two attached hydrogens (primary N) is 2. The van der Waals surface area contributed by atoms with Crippen molar-refractivity contribution < 1.29 is 0 Å². The molecule has 8 aromatic rings. The second-order valence-corrected chi connectivity index (χ2v) is 15.1. The number of anilines is 1. The Kier molecular flexibility index (Phi) is 10.2. The van der Waals surface area contributed by atoms with Crippen molar-refractivity contribution in [3.8, 4) is 33.9 Å². The van der Waals surface area contributed by atoms with E-state index in [9.17, 15) is 0 Å². The van der Waals surface area contributed by atoms with Crippen LogP contribution in [-0.2, 0) is 0 Å². The van der Waals surface area contributed by atoms with E-state index >= 15 is 0 Å². The number of nitrogens with one attached hydrogen (secondary N) is 1. The number of imidazole rings is 1. The molecule has 9 rings (SSSR count). The van der Waals surface area contributed by atoms with Crippen molar-refractivity contribution in [3.63, 3.8) is 0 Å². The molecule has 1 aliphatic rings. The Hall–Kier alpha value is -7.49. The quantitative estimate of drug-likeness (QED) is 0.0522. The maximum Gasteiger partial charge on any atom is 0.144 e. The first kappa shape index (κ1) is 38.1. The van der Waals surface area contributed by atoms with Crippen molar-refractivity contribution in [2.75, 3.05) is 5.73 Å². The number of aromatic nitrogens is 5. The van der Waals surface area contributed by atoms with Crippen LogP contribution in [0.5, 0.6) is 0 Å². The lowest BCUT2D eigenvalue weighted by Gasteiger charge is -2.14. The Bertz CT molecular complexity index is 3100. The van der Waals surface area contributed by atoms with Crippen molar-refractivity contribution in [3.05, 3.63) is 175 Å². The number of hydrogen-bond acceptors (Lipinski definition) is 5. The van der Waals surface area contributed by atoms with Gasteiger partial charge in [0.15, 0.2) is 0 Å². The first-order valence-electron chi connectivity index (χ1n) is 20.3. The summed E-state index contributed by atoms with van der Waals surface area (Å²) in [5, 5.41) is 6.34. The number of allylic oxidation sites excluding steroid dienone is 7. The molecule has 0 bridgehead atoms. The Labute approximate surface area is 349 Å². The van der Waals surface area contributed by atoms with Crippen LogP contribution in [0.15, 0.2) is 169 Å². The minimum Gasteiger partial charge on any atom is -0.384 e. The van der Waals surface area contributed by atoms with Gasteiger partial charge in [0.05, 0.1) is 40.9 Å². The molecule has 60 heavy (non-hydrogen) atoms. The average Bonchev–Trinajstić information content (AvgIpc) is 3.87. The summed E-state index contributed by atoms with van der Waals surface area (Å²) in [6.07, 6.45) is 23.5. The molecule has 0 spiro atoms. The largest absolute Gasteiger partial charge is 0.384 e. The van der Waals surface area contributed by atoms with Crippen molar-refractivity contribution >= 4 is 56.6 Å². The number of para-hydroxylation sites is 1. The normalized spacial score (nSPS) is 13.7. The molecule has 1 atom stereocenters. The Morgan fingerprint density at radius 3 is 2.55 bits per heavy atom. The number of rotatable bonds is 11. The molecule has 296 valence electrons. The summed E-state index contributed by atoms with van der Waals surface area (Å²) in [4.78, 5) is 13.9. The molecule has 9 heteroatoms. The number of fused-ring (bicyclic) bond motifs is 4. The molecule has 5 N–H and O–H groups in total. The monoisotopic (exact) mass is 785 g/mol. The lowest BCUT2D eigenvalue weighted by Crippen LogP contribution is -2.32. The zero-order valence-electron chi connectivity index (χ0n) is 34.0. The third-order valence-electron chi connectivity index (χ3n) is 11.2. The molecule has 4 aromatic heterocycles. The molecular weight excluding hydrogens is 739 g/mol. The zero-order chi connectivity index (χ0) is 41.3. The number of nitrogens with zero attached hydrogens (tertiary/aromatic N) is 6. The van der Waals surface area contributed by atoms with E-state index in [1.807, 2.05) is 43.8 Å². The van der Waals surface area contributed by atoms with Crippen molar-refractivity contribution in [1.29, 1.82) is 0 Å². The van der Waals surface area contributed by atoms with Crippen molar-refractivity contribution in [2.24, 2.45) is 10.7 Å². The molecule has 1 aliphatic carbocycles. The number of nitrogen functional groups attached to an aromatic ring is 1. The molecule has 0 amide bonds. The molecule has 0 fully saturated rings. The molecular formula is C51H47N9. The topological polar surface area (TPSA) is 117 Å². The number of pyridine rings is 1. The van der Waals surface area contributed by atoms with Crippen LogP contribution in [-0.4, -0.2) is 36.2 Å². The fraction of sp³-hybridized carbons (Fsp3) is 0.118. The predicted molar refractivity (Wildman–Crippen MR) is 251 cm³/mol. The lowest BCUT2D eigenvalue weighted by molar-refractivity contribution is 0.707. The summed E-state index contributed by atoms with van der Waals surface area (Å²) >= 11 is 0. The van der Waals surface area contributed by atoms with Gasteiger partial charge < -0.3 is 25.9 Å². The van der Waals surface area contributed by atoms with Crippen LogP contribution in [0.1, 0.15) is 37.8 Å². The molecule has 4 heterocycles. The van der Waals surface area contributed by atoms with Gasteiger partial charge in [-0.15, -0.1) is 0 Å². The van der Waals surface area contributed by atoms with Gasteiger partial charge in [0.1, 0.15) is 11.6 Å². The zero-order valence-corrected chi connectivity index (χ0v) is 34.0. The van der Waals surface area contributed by atoms with Crippen LogP contribution < -0.4 is 16.8 Å². The van der Waals surface area contributed by atoms with Crippen molar-refractivity contribution in [2.45, 2.75) is 39.8 Å². The van der Waals surface area contributed by atoms with E-state index in [1.54, 1.807) is 6.34 Å². The highest BCUT2D eigenvalue weighted by Crippen LogP contribution is 2.39. The molecule has 0 radical (unpaired) electrons. The van der Waals surface area contributed by atoms with E-state index in [2.05, 4.69) is 165 Å². The van der Waals surface area contributed by atoms with Gasteiger partial charge in [-0.1, -0.05) is 80.3 Å². The maximum atomic E-state index is 7.12. The highest BCUT2D eigenvalue weighted by Gasteiger charge is 2.20. The first-order valence-corrected chi connectivity index (χ1v) is 20.3. The van der Waals surface area contributed by atoms with E-state index < -0.39 is 0 Å². The molecule has 0 aliphatic heterocycles. The van der Waals surface area contributed by atoms with Crippen LogP contribution in [0.25, 0.3) is 78.4 Å². The number of benzene rings is 4. The highest BCUT2D eigenvalue weighted by molar-refractivity contribution is 6.10. The van der Waals surface area contributed by atoms with E-state index in [0.717, 1.165) is 90.7 Å². The smallest absolute Gasteiger partial charge is 0.144 e. The van der Waals surface area contributed by atoms with E-state index in [0.29, 0.717) is 11.5 Å². The summed E-state index contributed by atoms with van der Waals surface area (Å²) in [5.41, 5.74) is 26.2. The first-order chi connectivity index (χ1) is 29.3. The lowest BCUT2D eigenvalue weighted by atomic mass is 9.96. The number of hydrogen-bond donors (Lipinski definition) is 3. The maximum absolute atomic E-state index is 7.12. The highest BCUT2D eigenvalue weighted by atomic mass is 15.1. The van der Waals surface area contributed by atoms with Gasteiger partial charge in [0.2, 0.25) is 0 Å². The summed E-state index contributed by atoms with van der Waals surface area (Å²) < 4.78 is 6.60. The molecule has 1 unspecified atom stereocenters. The summed E-state index contributed by atoms with van der Waals surface area (Å²) in [6, 6.07) is 32.3. The van der Waals surface area contributed by atoms with Gasteiger partial charge in [-0.05, 0) is 110 Å². The molecule has 9 nitrogen and oxygen atoms in total. The number of aliphatic imine (C=N–C) groups is 1. The predicted octanol–water partition coefficient (Wildman–Crippen LogP) is 11.1. The van der Waals surface area contributed by atoms with Crippen LogP contribution in [0.2, 0.25) is 0 Å². The van der Waals surface area contributed by atoms with Crippen LogP contribution >= 0.6 is 0 Å². The van der Waals surface area contributed by atoms with E-state index in [4.69, 9.17) is 16.5 Å². The second-order valence-electron chi connectivity index (χ2n) is 15.1. The molecule has 0 saturated heterocycles. The van der Waals surface area contributed by atoms with Gasteiger partial charge in [-0.2, -0.15) is 0 Å². The van der Waals surface area contributed by atoms with E-state index in [-0.39, 0.29) is 6.17 Å². The summed E-state index contributed by atoms with van der Waals surface area (Å²) in [6.45, 7) is 10.4. The SMILES string of the molecule is C=C(N=CNC(C)N)/C(=C/c1c(N)n(-c2cccc(-n3c4cnccc4c4cc(-c5cccc(-c6nccn6C6=CCC=CC=C6)c5)c(C)cc43)c2)c2ccccc12)CC. The molecule has 4 aromatic carbocycles. The summed E-state index contributed by atoms with van der Waals surface area (Å²) in [5.74, 6) is 1.55. The van der Waals surface area contributed by atoms with Gasteiger partial charge in [0.25, 0.3) is 0 Å². The van der Waals surface area contributed by atoms with Gasteiger partial charge in [0, 0.05) is 62.9 Å². The Morgan fingerprint density at radius 2 is 1.70 bits per heavy atom. The van der Waals surface area contributed by atoms with Crippen LogP contribution in [0, 0.1) is 6.92 Å². The Balaban J connectivity index is 1.14. The van der Waals surface area contributed by atoms with Gasteiger partial charge in [-0.3, -0.25) is 9.55 Å². The number of aryl methyl sites for hydroxylation is 1. The van der Waals surface area contributed by atoms with Crippen molar-refractivity contribution in [1.82, 2.24) is 29.0 Å². The fourth-order valence-electron chi connectivity index (χ4n) is 8.27. The Morgan fingerprint density at radius 1 is 0.883 bits per heavy atom. The summed E-state index contributed by atoms with van der Waals surface area (Å²) in [7, 11) is 0. The van der Waals surface area contributed by atoms with Gasteiger partial charge >= 0.3 is 0 Å². The van der Waals surface area contributed by atoms with Gasteiger partial charge in [-0.25, -0.2) is 9.98 Å². The minimum atomic E-state index is -0.212. The van der Waals surface area contributed by atoms with Crippen LogP contribution in [0.3, 0.4) is 0 Å². The minimum absolute atomic E-state index is 0.212. The average molecular weight is 786 g/mol. The third kappa shape index (κ3) is 6.95. The fourth-order valence-corrected chi connectivity index (χ4v) is 8.27. The molecule has 0 saturated carbocycles. The third-order valence-corrected chi connectivity index (χ3v) is 11.2. The van der Waals surface area contributed by atoms with Crippen LogP contribution in [0.4, 0.5) is 5.82 Å².